The molecule has 152 valence electrons. The highest BCUT2D eigenvalue weighted by atomic mass is 32.1. The Balaban J connectivity index is 1.26. The van der Waals surface area contributed by atoms with E-state index in [0.29, 0.717) is 36.3 Å². The van der Waals surface area contributed by atoms with Crippen molar-refractivity contribution >= 4 is 34.0 Å². The highest BCUT2D eigenvalue weighted by Gasteiger charge is 2.17. The number of fused-ring (bicyclic) bond motifs is 2. The van der Waals surface area contributed by atoms with E-state index in [9.17, 15) is 9.59 Å². The second kappa shape index (κ2) is 7.79. The van der Waals surface area contributed by atoms with Crippen LogP contribution in [-0.2, 0) is 22.4 Å². The first-order chi connectivity index (χ1) is 14.6. The number of carbonyl (C=O) groups excluding carboxylic acids is 2. The number of rotatable bonds is 4. The highest BCUT2D eigenvalue weighted by Crippen LogP contribution is 2.32. The minimum Gasteiger partial charge on any atom is -0.486 e. The van der Waals surface area contributed by atoms with E-state index in [1.54, 1.807) is 0 Å². The topological polar surface area (TPSA) is 89.6 Å². The van der Waals surface area contributed by atoms with Gasteiger partial charge in [-0.05, 0) is 41.8 Å². The molecule has 0 atom stereocenters. The Morgan fingerprint density at radius 1 is 1.10 bits per heavy atom. The molecular formula is C22H19N3O4S. The number of carbonyl (C=O) groups is 2. The fourth-order valence-corrected chi connectivity index (χ4v) is 4.29. The van der Waals surface area contributed by atoms with Crippen LogP contribution in [0, 0.1) is 0 Å². The van der Waals surface area contributed by atoms with Crippen molar-refractivity contribution in [1.82, 2.24) is 4.98 Å². The van der Waals surface area contributed by atoms with Gasteiger partial charge in [0.1, 0.15) is 13.2 Å². The van der Waals surface area contributed by atoms with Crippen molar-refractivity contribution in [3.63, 3.8) is 0 Å². The third-order valence-electron chi connectivity index (χ3n) is 5.02. The van der Waals surface area contributed by atoms with Crippen LogP contribution in [0.2, 0.25) is 0 Å². The van der Waals surface area contributed by atoms with Gasteiger partial charge in [0.2, 0.25) is 11.8 Å². The maximum Gasteiger partial charge on any atom is 0.230 e. The predicted octanol–water partition coefficient (Wildman–Crippen LogP) is 3.65. The molecule has 7 nitrogen and oxygen atoms in total. The summed E-state index contributed by atoms with van der Waals surface area (Å²) in [5, 5.41) is 8.22. The molecule has 0 saturated heterocycles. The zero-order valence-electron chi connectivity index (χ0n) is 16.1. The Hall–Kier alpha value is -3.39. The number of hydrogen-bond acceptors (Lipinski definition) is 6. The van der Waals surface area contributed by atoms with Gasteiger partial charge in [-0.2, -0.15) is 0 Å². The van der Waals surface area contributed by atoms with Crippen LogP contribution in [0.5, 0.6) is 11.5 Å². The predicted molar refractivity (Wildman–Crippen MR) is 114 cm³/mol. The van der Waals surface area contributed by atoms with Crippen LogP contribution in [0.3, 0.4) is 0 Å². The van der Waals surface area contributed by atoms with Crippen molar-refractivity contribution in [2.45, 2.75) is 19.3 Å². The van der Waals surface area contributed by atoms with Gasteiger partial charge in [-0.1, -0.05) is 12.1 Å². The Morgan fingerprint density at radius 2 is 1.97 bits per heavy atom. The number of aryl methyl sites for hydroxylation is 1. The van der Waals surface area contributed by atoms with Gasteiger partial charge in [-0.15, -0.1) is 11.3 Å². The molecule has 0 bridgehead atoms. The first kappa shape index (κ1) is 18.6. The lowest BCUT2D eigenvalue weighted by atomic mass is 9.99. The summed E-state index contributed by atoms with van der Waals surface area (Å²) in [6.07, 6.45) is 1.44. The normalized spacial score (nSPS) is 14.6. The van der Waals surface area contributed by atoms with Crippen LogP contribution in [0.15, 0.2) is 41.8 Å². The summed E-state index contributed by atoms with van der Waals surface area (Å²) < 4.78 is 11.1. The Bertz CT molecular complexity index is 1140. The molecule has 0 spiro atoms. The second-order valence-electron chi connectivity index (χ2n) is 7.16. The molecule has 5 rings (SSSR count). The van der Waals surface area contributed by atoms with E-state index in [4.69, 9.17) is 9.47 Å². The third-order valence-corrected chi connectivity index (χ3v) is 5.78. The van der Waals surface area contributed by atoms with Crippen molar-refractivity contribution in [2.24, 2.45) is 0 Å². The van der Waals surface area contributed by atoms with Gasteiger partial charge < -0.3 is 20.1 Å². The van der Waals surface area contributed by atoms with Crippen LogP contribution >= 0.6 is 11.3 Å². The molecule has 0 unspecified atom stereocenters. The molecule has 0 aliphatic carbocycles. The molecule has 8 heteroatoms. The average Bonchev–Trinajstić information content (AvgIpc) is 3.21. The molecule has 3 aromatic rings. The quantitative estimate of drug-likeness (QED) is 0.671. The smallest absolute Gasteiger partial charge is 0.230 e. The SMILES string of the molecule is O=C(Cc1ccc2c(c1)OCCO2)Nc1nc(-c2ccc3c(c2)CCC(=O)N3)cs1. The number of nitrogens with zero attached hydrogens (tertiary/aromatic N) is 1. The van der Waals surface area contributed by atoms with Gasteiger partial charge in [0.15, 0.2) is 16.6 Å². The van der Waals surface area contributed by atoms with E-state index in [0.717, 1.165) is 34.5 Å². The monoisotopic (exact) mass is 421 g/mol. The number of thiazole rings is 1. The van der Waals surface area contributed by atoms with Crippen LogP contribution in [0.1, 0.15) is 17.5 Å². The van der Waals surface area contributed by atoms with Gasteiger partial charge in [0, 0.05) is 23.1 Å². The fraction of sp³-hybridized carbons (Fsp3) is 0.227. The van der Waals surface area contributed by atoms with Gasteiger partial charge >= 0.3 is 0 Å². The Kier molecular flexibility index (Phi) is 4.84. The molecule has 2 N–H and O–H groups in total. The van der Waals surface area contributed by atoms with Crippen molar-refractivity contribution in [3.8, 4) is 22.8 Å². The summed E-state index contributed by atoms with van der Waals surface area (Å²) in [6, 6.07) is 11.4. The van der Waals surface area contributed by atoms with Crippen LogP contribution in [0.4, 0.5) is 10.8 Å². The third kappa shape index (κ3) is 3.86. The highest BCUT2D eigenvalue weighted by molar-refractivity contribution is 7.14. The molecule has 2 aromatic carbocycles. The number of ether oxygens (including phenoxy) is 2. The minimum absolute atomic E-state index is 0.0481. The molecule has 2 aliphatic heterocycles. The van der Waals surface area contributed by atoms with Crippen LogP contribution < -0.4 is 20.1 Å². The first-order valence-electron chi connectivity index (χ1n) is 9.71. The Labute approximate surface area is 177 Å². The average molecular weight is 421 g/mol. The maximum absolute atomic E-state index is 12.5. The molecule has 2 amide bonds. The van der Waals surface area contributed by atoms with Crippen molar-refractivity contribution in [3.05, 3.63) is 52.9 Å². The van der Waals surface area contributed by atoms with Gasteiger partial charge in [0.25, 0.3) is 0 Å². The maximum atomic E-state index is 12.5. The second-order valence-corrected chi connectivity index (χ2v) is 8.02. The van der Waals surface area contributed by atoms with E-state index in [1.807, 2.05) is 41.8 Å². The molecule has 0 fully saturated rings. The molecule has 0 saturated carbocycles. The van der Waals surface area contributed by atoms with Gasteiger partial charge in [-0.3, -0.25) is 9.59 Å². The molecule has 0 radical (unpaired) electrons. The van der Waals surface area contributed by atoms with Crippen molar-refractivity contribution < 1.29 is 19.1 Å². The molecule has 2 aliphatic rings. The summed E-state index contributed by atoms with van der Waals surface area (Å²) in [5.41, 5.74) is 4.58. The summed E-state index contributed by atoms with van der Waals surface area (Å²) in [5.74, 6) is 1.29. The van der Waals surface area contributed by atoms with E-state index < -0.39 is 0 Å². The summed E-state index contributed by atoms with van der Waals surface area (Å²) in [6.45, 7) is 1.05. The molecule has 3 heterocycles. The number of anilines is 2. The summed E-state index contributed by atoms with van der Waals surface area (Å²) in [4.78, 5) is 28.5. The number of amides is 2. The number of nitrogens with one attached hydrogen (secondary N) is 2. The largest absolute Gasteiger partial charge is 0.486 e. The summed E-state index contributed by atoms with van der Waals surface area (Å²) in [7, 11) is 0. The van der Waals surface area contributed by atoms with E-state index in [2.05, 4.69) is 15.6 Å². The Morgan fingerprint density at radius 3 is 2.87 bits per heavy atom. The van der Waals surface area contributed by atoms with Crippen molar-refractivity contribution in [1.29, 1.82) is 0 Å². The van der Waals surface area contributed by atoms with Crippen molar-refractivity contribution in [2.75, 3.05) is 23.8 Å². The van der Waals surface area contributed by atoms with E-state index >= 15 is 0 Å². The minimum atomic E-state index is -0.138. The lowest BCUT2D eigenvalue weighted by molar-refractivity contribution is -0.116. The summed E-state index contributed by atoms with van der Waals surface area (Å²) >= 11 is 1.39. The molecule has 1 aromatic heterocycles. The zero-order chi connectivity index (χ0) is 20.5. The lowest BCUT2D eigenvalue weighted by Gasteiger charge is -2.18. The fourth-order valence-electron chi connectivity index (χ4n) is 3.55. The first-order valence-corrected chi connectivity index (χ1v) is 10.6. The zero-order valence-corrected chi connectivity index (χ0v) is 16.9. The molecule has 30 heavy (non-hydrogen) atoms. The van der Waals surface area contributed by atoms with Gasteiger partial charge in [0.05, 0.1) is 12.1 Å². The number of benzene rings is 2. The van der Waals surface area contributed by atoms with Crippen LogP contribution in [-0.4, -0.2) is 30.0 Å². The number of hydrogen-bond donors (Lipinski definition) is 2. The lowest BCUT2D eigenvalue weighted by Crippen LogP contribution is -2.18. The van der Waals surface area contributed by atoms with E-state index in [1.165, 1.54) is 11.3 Å². The van der Waals surface area contributed by atoms with Gasteiger partial charge in [-0.25, -0.2) is 4.98 Å². The number of aromatic nitrogens is 1. The van der Waals surface area contributed by atoms with E-state index in [-0.39, 0.29) is 18.2 Å². The van der Waals surface area contributed by atoms with Crippen LogP contribution in [0.25, 0.3) is 11.3 Å². The molecular weight excluding hydrogens is 402 g/mol. The standard InChI is InChI=1S/C22H19N3O4S/c26-20-6-3-14-11-15(2-4-16(14)23-20)17-12-30-22(24-17)25-21(27)10-13-1-5-18-19(9-13)29-8-7-28-18/h1-2,4-5,9,11-12H,3,6-8,10H2,(H,23,26)(H,24,25,27).